The first-order valence-corrected chi connectivity index (χ1v) is 9.44. The quantitative estimate of drug-likeness (QED) is 0.299. The summed E-state index contributed by atoms with van der Waals surface area (Å²) in [6.07, 6.45) is 0. The molecule has 6 nitrogen and oxygen atoms in total. The number of carbonyl (C=O) groups is 1. The Bertz CT molecular complexity index is 1000. The molecule has 0 fully saturated rings. The summed E-state index contributed by atoms with van der Waals surface area (Å²) < 4.78 is 6.53. The van der Waals surface area contributed by atoms with Crippen molar-refractivity contribution < 1.29 is 9.53 Å². The van der Waals surface area contributed by atoms with Gasteiger partial charge >= 0.3 is 0 Å². The Morgan fingerprint density at radius 3 is 2.69 bits per heavy atom. The normalized spacial score (nSPS) is 11.2. The average molecular weight is 371 g/mol. The molecule has 26 heavy (non-hydrogen) atoms. The summed E-state index contributed by atoms with van der Waals surface area (Å²) in [5, 5.41) is 5.97. The van der Waals surface area contributed by atoms with Crippen LogP contribution < -0.4 is 10.9 Å². The van der Waals surface area contributed by atoms with Gasteiger partial charge < -0.3 is 10.1 Å². The summed E-state index contributed by atoms with van der Waals surface area (Å²) >= 11 is 1.27. The summed E-state index contributed by atoms with van der Waals surface area (Å²) in [6, 6.07) is 11.7. The number of thioether (sulfide) groups is 1. The monoisotopic (exact) mass is 371 g/mol. The highest BCUT2D eigenvalue weighted by molar-refractivity contribution is 7.99. The standard InChI is InChI=1S/C19H21N3O3S/c1-3-22-18(24)15-10-13-6-4-5-7-14(13)11-16(15)21-19(22)26-12-17(23)20-8-9-25-2/h4-7,10-11H,3,8-9,12H2,1-2H3,(H,20,23). The molecule has 0 unspecified atom stereocenters. The van der Waals surface area contributed by atoms with Gasteiger partial charge in [-0.05, 0) is 29.8 Å². The maximum absolute atomic E-state index is 12.9. The Kier molecular flexibility index (Phi) is 5.90. The second kappa shape index (κ2) is 8.33. The number of aromatic nitrogens is 2. The van der Waals surface area contributed by atoms with Crippen LogP contribution in [0, 0.1) is 0 Å². The molecule has 1 heterocycles. The van der Waals surface area contributed by atoms with E-state index in [1.54, 1.807) is 11.7 Å². The summed E-state index contributed by atoms with van der Waals surface area (Å²) in [5.74, 6) is 0.0949. The van der Waals surface area contributed by atoms with Crippen LogP contribution in [0.3, 0.4) is 0 Å². The molecule has 2 aromatic carbocycles. The van der Waals surface area contributed by atoms with E-state index in [1.165, 1.54) is 11.8 Å². The minimum absolute atomic E-state index is 0.0782. The number of amides is 1. The van der Waals surface area contributed by atoms with Crippen LogP contribution in [0.15, 0.2) is 46.3 Å². The molecular weight excluding hydrogens is 350 g/mol. The zero-order valence-electron chi connectivity index (χ0n) is 14.8. The van der Waals surface area contributed by atoms with Crippen LogP contribution in [0.2, 0.25) is 0 Å². The predicted octanol–water partition coefficient (Wildman–Crippen LogP) is 2.42. The predicted molar refractivity (Wildman–Crippen MR) is 105 cm³/mol. The van der Waals surface area contributed by atoms with Crippen molar-refractivity contribution in [3.63, 3.8) is 0 Å². The Hall–Kier alpha value is -2.38. The largest absolute Gasteiger partial charge is 0.383 e. The first-order valence-electron chi connectivity index (χ1n) is 8.45. The topological polar surface area (TPSA) is 73.2 Å². The first kappa shape index (κ1) is 18.4. The van der Waals surface area contributed by atoms with Crippen LogP contribution >= 0.6 is 11.8 Å². The molecule has 0 spiro atoms. The maximum Gasteiger partial charge on any atom is 0.262 e. The van der Waals surface area contributed by atoms with Crippen molar-refractivity contribution in [2.45, 2.75) is 18.6 Å². The van der Waals surface area contributed by atoms with Gasteiger partial charge in [-0.25, -0.2) is 4.98 Å². The lowest BCUT2D eigenvalue weighted by Crippen LogP contribution is -2.29. The molecule has 0 atom stereocenters. The van der Waals surface area contributed by atoms with E-state index in [9.17, 15) is 9.59 Å². The molecule has 3 aromatic rings. The fourth-order valence-electron chi connectivity index (χ4n) is 2.75. The molecule has 1 aromatic heterocycles. The van der Waals surface area contributed by atoms with Crippen LogP contribution in [0.4, 0.5) is 0 Å². The lowest BCUT2D eigenvalue weighted by Gasteiger charge is -2.12. The molecule has 0 bridgehead atoms. The number of nitrogens with zero attached hydrogens (tertiary/aromatic N) is 2. The van der Waals surface area contributed by atoms with E-state index in [-0.39, 0.29) is 17.2 Å². The third kappa shape index (κ3) is 3.89. The summed E-state index contributed by atoms with van der Waals surface area (Å²) in [5.41, 5.74) is 0.575. The van der Waals surface area contributed by atoms with Crippen molar-refractivity contribution >= 4 is 39.3 Å². The van der Waals surface area contributed by atoms with Crippen LogP contribution in [-0.2, 0) is 16.1 Å². The Morgan fingerprint density at radius 2 is 2.00 bits per heavy atom. The van der Waals surface area contributed by atoms with Gasteiger partial charge in [0, 0.05) is 20.2 Å². The van der Waals surface area contributed by atoms with E-state index in [4.69, 9.17) is 4.74 Å². The smallest absolute Gasteiger partial charge is 0.262 e. The number of ether oxygens (including phenoxy) is 1. The third-order valence-electron chi connectivity index (χ3n) is 4.06. The lowest BCUT2D eigenvalue weighted by molar-refractivity contribution is -0.118. The zero-order valence-corrected chi connectivity index (χ0v) is 15.6. The number of benzene rings is 2. The minimum Gasteiger partial charge on any atom is -0.383 e. The molecule has 0 aliphatic heterocycles. The molecule has 0 radical (unpaired) electrons. The van der Waals surface area contributed by atoms with Crippen LogP contribution in [0.25, 0.3) is 21.7 Å². The second-order valence-corrected chi connectivity index (χ2v) is 6.73. The number of rotatable bonds is 7. The van der Waals surface area contributed by atoms with Gasteiger partial charge in [0.05, 0.1) is 23.3 Å². The van der Waals surface area contributed by atoms with Gasteiger partial charge in [-0.15, -0.1) is 0 Å². The minimum atomic E-state index is -0.109. The fourth-order valence-corrected chi connectivity index (χ4v) is 3.64. The molecule has 1 amide bonds. The van der Waals surface area contributed by atoms with Gasteiger partial charge in [0.25, 0.3) is 5.56 Å². The number of hydrogen-bond donors (Lipinski definition) is 1. The van der Waals surface area contributed by atoms with Crippen molar-refractivity contribution in [2.24, 2.45) is 0 Å². The zero-order chi connectivity index (χ0) is 18.5. The maximum atomic E-state index is 12.9. The third-order valence-corrected chi connectivity index (χ3v) is 5.04. The summed E-state index contributed by atoms with van der Waals surface area (Å²) in [7, 11) is 1.59. The van der Waals surface area contributed by atoms with E-state index >= 15 is 0 Å². The van der Waals surface area contributed by atoms with Crippen molar-refractivity contribution in [2.75, 3.05) is 26.0 Å². The molecule has 0 aliphatic rings. The van der Waals surface area contributed by atoms with Gasteiger partial charge in [-0.1, -0.05) is 36.0 Å². The molecule has 3 rings (SSSR count). The highest BCUT2D eigenvalue weighted by Crippen LogP contribution is 2.22. The van der Waals surface area contributed by atoms with E-state index in [2.05, 4.69) is 10.3 Å². The number of nitrogens with one attached hydrogen (secondary N) is 1. The van der Waals surface area contributed by atoms with Gasteiger partial charge in [-0.2, -0.15) is 0 Å². The van der Waals surface area contributed by atoms with Gasteiger partial charge in [0.1, 0.15) is 0 Å². The molecule has 0 aliphatic carbocycles. The number of fused-ring (bicyclic) bond motifs is 2. The number of carbonyl (C=O) groups excluding carboxylic acids is 1. The van der Waals surface area contributed by atoms with Crippen molar-refractivity contribution in [1.29, 1.82) is 0 Å². The molecule has 0 saturated carbocycles. The van der Waals surface area contributed by atoms with Crippen LogP contribution in [-0.4, -0.2) is 41.5 Å². The van der Waals surface area contributed by atoms with Gasteiger partial charge in [-0.3, -0.25) is 14.2 Å². The number of methoxy groups -OCH3 is 1. The highest BCUT2D eigenvalue weighted by Gasteiger charge is 2.13. The molecular formula is C19H21N3O3S. The van der Waals surface area contributed by atoms with Crippen LogP contribution in [0.5, 0.6) is 0 Å². The fraction of sp³-hybridized carbons (Fsp3) is 0.316. The van der Waals surface area contributed by atoms with Crippen molar-refractivity contribution in [3.8, 4) is 0 Å². The Labute approximate surface area is 155 Å². The molecule has 136 valence electrons. The van der Waals surface area contributed by atoms with Crippen LogP contribution in [0.1, 0.15) is 6.92 Å². The first-order chi connectivity index (χ1) is 12.6. The SMILES string of the molecule is CCn1c(SCC(=O)NCCOC)nc2cc3ccccc3cc2c1=O. The second-order valence-electron chi connectivity index (χ2n) is 5.79. The lowest BCUT2D eigenvalue weighted by atomic mass is 10.1. The van der Waals surface area contributed by atoms with Crippen molar-refractivity contribution in [3.05, 3.63) is 46.8 Å². The highest BCUT2D eigenvalue weighted by atomic mass is 32.2. The summed E-state index contributed by atoms with van der Waals surface area (Å²) in [4.78, 5) is 29.4. The van der Waals surface area contributed by atoms with E-state index < -0.39 is 0 Å². The summed E-state index contributed by atoms with van der Waals surface area (Å²) in [6.45, 7) is 3.34. The Balaban J connectivity index is 1.93. The van der Waals surface area contributed by atoms with E-state index in [0.29, 0.717) is 35.8 Å². The average Bonchev–Trinajstić information content (AvgIpc) is 2.65. The number of hydrogen-bond acceptors (Lipinski definition) is 5. The molecule has 7 heteroatoms. The van der Waals surface area contributed by atoms with E-state index in [0.717, 1.165) is 10.8 Å². The van der Waals surface area contributed by atoms with Gasteiger partial charge in [0.2, 0.25) is 5.91 Å². The van der Waals surface area contributed by atoms with E-state index in [1.807, 2.05) is 43.3 Å². The Morgan fingerprint density at radius 1 is 1.27 bits per heavy atom. The molecule has 1 N–H and O–H groups in total. The van der Waals surface area contributed by atoms with Gasteiger partial charge in [0.15, 0.2) is 5.16 Å². The molecule has 0 saturated heterocycles. The van der Waals surface area contributed by atoms with Crippen molar-refractivity contribution in [1.82, 2.24) is 14.9 Å².